The standard InChI is InChI=1S/C9H11NO3/c1-9(3-2-8(12)13)4-5-10-7(9)6-11/h4-6H,2-3H2,1H3,(H,12,13). The summed E-state index contributed by atoms with van der Waals surface area (Å²) < 4.78 is 0. The maximum absolute atomic E-state index is 10.5. The Morgan fingerprint density at radius 3 is 3.00 bits per heavy atom. The molecule has 70 valence electrons. The van der Waals surface area contributed by atoms with E-state index in [4.69, 9.17) is 5.11 Å². The van der Waals surface area contributed by atoms with Crippen molar-refractivity contribution in [1.29, 1.82) is 0 Å². The highest BCUT2D eigenvalue weighted by Crippen LogP contribution is 2.30. The molecule has 0 saturated heterocycles. The van der Waals surface area contributed by atoms with Crippen molar-refractivity contribution in [2.45, 2.75) is 19.8 Å². The molecule has 1 aliphatic heterocycles. The van der Waals surface area contributed by atoms with E-state index in [1.807, 2.05) is 6.92 Å². The third kappa shape index (κ3) is 2.02. The molecule has 1 N–H and O–H groups in total. The summed E-state index contributed by atoms with van der Waals surface area (Å²) in [6.07, 6.45) is 4.46. The van der Waals surface area contributed by atoms with Gasteiger partial charge in [-0.25, -0.2) is 0 Å². The van der Waals surface area contributed by atoms with E-state index in [0.717, 1.165) is 0 Å². The summed E-state index contributed by atoms with van der Waals surface area (Å²) in [5.74, 6) is -0.855. The van der Waals surface area contributed by atoms with Crippen LogP contribution in [-0.4, -0.2) is 23.1 Å². The molecule has 0 amide bonds. The first-order valence-corrected chi connectivity index (χ1v) is 4.01. The average molecular weight is 181 g/mol. The normalized spacial score (nSPS) is 25.8. The highest BCUT2D eigenvalue weighted by molar-refractivity contribution is 6.32. The molecule has 0 aromatic carbocycles. The number of aliphatic carboxylic acids is 1. The third-order valence-corrected chi connectivity index (χ3v) is 2.21. The maximum Gasteiger partial charge on any atom is 0.303 e. The number of allylic oxidation sites excluding steroid dienone is 1. The lowest BCUT2D eigenvalue weighted by molar-refractivity contribution is -0.137. The molecule has 1 aliphatic rings. The first-order valence-electron chi connectivity index (χ1n) is 4.01. The molecule has 1 heterocycles. The molecule has 0 fully saturated rings. The molecular weight excluding hydrogens is 170 g/mol. The monoisotopic (exact) mass is 181 g/mol. The molecule has 0 aromatic heterocycles. The summed E-state index contributed by atoms with van der Waals surface area (Å²) in [4.78, 5) is 24.8. The minimum Gasteiger partial charge on any atom is -0.481 e. The number of carbonyl (C=O) groups is 2. The van der Waals surface area contributed by atoms with Crippen LogP contribution < -0.4 is 0 Å². The van der Waals surface area contributed by atoms with E-state index >= 15 is 0 Å². The van der Waals surface area contributed by atoms with E-state index in [-0.39, 0.29) is 6.42 Å². The Kier molecular flexibility index (Phi) is 2.60. The van der Waals surface area contributed by atoms with Crippen LogP contribution in [0.4, 0.5) is 0 Å². The second-order valence-electron chi connectivity index (χ2n) is 3.26. The SMILES string of the molecule is CC1(CCC(=O)O)C=CN=C1C=O. The second kappa shape index (κ2) is 3.51. The van der Waals surface area contributed by atoms with Gasteiger partial charge in [0.1, 0.15) is 0 Å². The molecule has 0 saturated carbocycles. The number of hydrogen-bond acceptors (Lipinski definition) is 3. The van der Waals surface area contributed by atoms with Gasteiger partial charge in [-0.15, -0.1) is 0 Å². The van der Waals surface area contributed by atoms with Crippen LogP contribution in [0.2, 0.25) is 0 Å². The predicted octanol–water partition coefficient (Wildman–Crippen LogP) is 1.02. The van der Waals surface area contributed by atoms with Gasteiger partial charge in [0.15, 0.2) is 6.29 Å². The van der Waals surface area contributed by atoms with Gasteiger partial charge in [0.05, 0.1) is 5.71 Å². The van der Waals surface area contributed by atoms with Crippen LogP contribution in [0.3, 0.4) is 0 Å². The average Bonchev–Trinajstić information content (AvgIpc) is 2.44. The Morgan fingerprint density at radius 2 is 2.46 bits per heavy atom. The largest absolute Gasteiger partial charge is 0.481 e. The minimum atomic E-state index is -0.855. The number of aldehydes is 1. The Bertz CT molecular complexity index is 293. The van der Waals surface area contributed by atoms with Gasteiger partial charge in [0.25, 0.3) is 0 Å². The molecule has 4 nitrogen and oxygen atoms in total. The fourth-order valence-corrected chi connectivity index (χ4v) is 1.26. The zero-order valence-electron chi connectivity index (χ0n) is 7.36. The Morgan fingerprint density at radius 1 is 1.77 bits per heavy atom. The van der Waals surface area contributed by atoms with Gasteiger partial charge in [-0.3, -0.25) is 14.6 Å². The molecule has 1 unspecified atom stereocenters. The first kappa shape index (κ1) is 9.64. The van der Waals surface area contributed by atoms with Crippen molar-refractivity contribution in [3.63, 3.8) is 0 Å². The number of aliphatic imine (C=N–C) groups is 1. The second-order valence-corrected chi connectivity index (χ2v) is 3.26. The van der Waals surface area contributed by atoms with Crippen LogP contribution in [0, 0.1) is 5.41 Å². The Labute approximate surface area is 76.0 Å². The van der Waals surface area contributed by atoms with Gasteiger partial charge >= 0.3 is 5.97 Å². The Balaban J connectivity index is 2.66. The molecule has 4 heteroatoms. The summed E-state index contributed by atoms with van der Waals surface area (Å²) >= 11 is 0. The van der Waals surface area contributed by atoms with Crippen LogP contribution in [0.15, 0.2) is 17.3 Å². The van der Waals surface area contributed by atoms with Crippen LogP contribution in [-0.2, 0) is 9.59 Å². The van der Waals surface area contributed by atoms with Gasteiger partial charge in [0, 0.05) is 18.0 Å². The smallest absolute Gasteiger partial charge is 0.303 e. The van der Waals surface area contributed by atoms with Gasteiger partial charge < -0.3 is 5.11 Å². The van der Waals surface area contributed by atoms with Gasteiger partial charge in [0.2, 0.25) is 0 Å². The van der Waals surface area contributed by atoms with E-state index in [9.17, 15) is 9.59 Å². The number of hydrogen-bond donors (Lipinski definition) is 1. The van der Waals surface area contributed by atoms with E-state index in [0.29, 0.717) is 18.4 Å². The third-order valence-electron chi connectivity index (χ3n) is 2.21. The minimum absolute atomic E-state index is 0.0493. The van der Waals surface area contributed by atoms with E-state index < -0.39 is 11.4 Å². The number of carboxylic acid groups (broad SMARTS) is 1. The fraction of sp³-hybridized carbons (Fsp3) is 0.444. The number of carbonyl (C=O) groups excluding carboxylic acids is 1. The van der Waals surface area contributed by atoms with Crippen LogP contribution >= 0.6 is 0 Å². The quantitative estimate of drug-likeness (QED) is 0.658. The molecule has 1 rings (SSSR count). The highest BCUT2D eigenvalue weighted by atomic mass is 16.4. The van der Waals surface area contributed by atoms with Gasteiger partial charge in [-0.1, -0.05) is 13.0 Å². The van der Waals surface area contributed by atoms with E-state index in [2.05, 4.69) is 4.99 Å². The van der Waals surface area contributed by atoms with E-state index in [1.165, 1.54) is 0 Å². The zero-order valence-corrected chi connectivity index (χ0v) is 7.36. The van der Waals surface area contributed by atoms with Crippen LogP contribution in [0.5, 0.6) is 0 Å². The van der Waals surface area contributed by atoms with Crippen molar-refractivity contribution < 1.29 is 14.7 Å². The molecule has 1 atom stereocenters. The fourth-order valence-electron chi connectivity index (χ4n) is 1.26. The lowest BCUT2D eigenvalue weighted by Gasteiger charge is -2.19. The summed E-state index contributed by atoms with van der Waals surface area (Å²) in [5, 5.41) is 8.49. The number of nitrogens with zero attached hydrogens (tertiary/aromatic N) is 1. The summed E-state index contributed by atoms with van der Waals surface area (Å²) in [6.45, 7) is 1.81. The first-order chi connectivity index (χ1) is 6.08. The number of carboxylic acids is 1. The highest BCUT2D eigenvalue weighted by Gasteiger charge is 2.30. The lowest BCUT2D eigenvalue weighted by atomic mass is 9.82. The molecule has 13 heavy (non-hydrogen) atoms. The van der Waals surface area contributed by atoms with Crippen molar-refractivity contribution in [2.24, 2.45) is 10.4 Å². The van der Waals surface area contributed by atoms with Crippen LogP contribution in [0.25, 0.3) is 0 Å². The van der Waals surface area contributed by atoms with Crippen molar-refractivity contribution in [2.75, 3.05) is 0 Å². The van der Waals surface area contributed by atoms with Crippen molar-refractivity contribution in [1.82, 2.24) is 0 Å². The summed E-state index contributed by atoms with van der Waals surface area (Å²) in [7, 11) is 0. The summed E-state index contributed by atoms with van der Waals surface area (Å²) in [5.41, 5.74) is -0.0751. The van der Waals surface area contributed by atoms with Crippen molar-refractivity contribution >= 4 is 18.0 Å². The van der Waals surface area contributed by atoms with Crippen LogP contribution in [0.1, 0.15) is 19.8 Å². The molecule has 0 bridgehead atoms. The predicted molar refractivity (Wildman–Crippen MR) is 47.6 cm³/mol. The zero-order chi connectivity index (χ0) is 9.90. The molecule has 0 spiro atoms. The Hall–Kier alpha value is -1.45. The van der Waals surface area contributed by atoms with Crippen molar-refractivity contribution in [3.05, 3.63) is 12.3 Å². The number of rotatable bonds is 4. The topological polar surface area (TPSA) is 66.7 Å². The lowest BCUT2D eigenvalue weighted by Crippen LogP contribution is -2.25. The molecule has 0 radical (unpaired) electrons. The maximum atomic E-state index is 10.5. The van der Waals surface area contributed by atoms with Gasteiger partial charge in [-0.2, -0.15) is 0 Å². The van der Waals surface area contributed by atoms with Gasteiger partial charge in [-0.05, 0) is 6.42 Å². The summed E-state index contributed by atoms with van der Waals surface area (Å²) in [6, 6.07) is 0. The van der Waals surface area contributed by atoms with Crippen molar-refractivity contribution in [3.8, 4) is 0 Å². The molecule has 0 aromatic rings. The molecular formula is C9H11NO3. The van der Waals surface area contributed by atoms with E-state index in [1.54, 1.807) is 12.3 Å². The molecule has 0 aliphatic carbocycles.